The van der Waals surface area contributed by atoms with Crippen LogP contribution in [0.1, 0.15) is 53.6 Å². The molecule has 0 saturated heterocycles. The van der Waals surface area contributed by atoms with Crippen molar-refractivity contribution in [1.82, 2.24) is 9.88 Å². The topological polar surface area (TPSA) is 60.1 Å². The molecule has 150 valence electrons. The predicted molar refractivity (Wildman–Crippen MR) is 119 cm³/mol. The zero-order chi connectivity index (χ0) is 20.1. The lowest BCUT2D eigenvalue weighted by Gasteiger charge is -2.13. The van der Waals surface area contributed by atoms with E-state index in [1.165, 1.54) is 48.6 Å². The number of rotatable bonds is 8. The van der Waals surface area contributed by atoms with Gasteiger partial charge in [0.25, 0.3) is 0 Å². The predicted octanol–water partition coefficient (Wildman–Crippen LogP) is 4.77. The van der Waals surface area contributed by atoms with E-state index in [1.807, 2.05) is 12.1 Å². The second-order valence-electron chi connectivity index (χ2n) is 7.93. The van der Waals surface area contributed by atoms with Crippen molar-refractivity contribution in [3.63, 3.8) is 0 Å². The molecule has 0 aliphatic heterocycles. The Morgan fingerprint density at radius 3 is 2.62 bits per heavy atom. The lowest BCUT2D eigenvalue weighted by Crippen LogP contribution is -2.15. The third kappa shape index (κ3) is 4.96. The van der Waals surface area contributed by atoms with E-state index in [4.69, 9.17) is 5.73 Å². The Balaban J connectivity index is 1.35. The van der Waals surface area contributed by atoms with Gasteiger partial charge in [0.1, 0.15) is 0 Å². The molecule has 29 heavy (non-hydrogen) atoms. The summed E-state index contributed by atoms with van der Waals surface area (Å²) in [5.74, 6) is -0.389. The number of aromatic nitrogens is 1. The van der Waals surface area contributed by atoms with Crippen molar-refractivity contribution in [2.45, 2.75) is 45.2 Å². The van der Waals surface area contributed by atoms with Gasteiger partial charge >= 0.3 is 0 Å². The first-order chi connectivity index (χ1) is 14.2. The number of carbonyl (C=O) groups excluding carboxylic acids is 1. The molecule has 4 rings (SSSR count). The van der Waals surface area contributed by atoms with Crippen LogP contribution in [-0.4, -0.2) is 17.0 Å². The third-order valence-electron chi connectivity index (χ3n) is 5.76. The molecule has 0 unspecified atom stereocenters. The van der Waals surface area contributed by atoms with Gasteiger partial charge in [0.2, 0.25) is 5.91 Å². The van der Waals surface area contributed by atoms with Crippen molar-refractivity contribution < 1.29 is 4.79 Å². The first-order valence-corrected chi connectivity index (χ1v) is 10.5. The van der Waals surface area contributed by atoms with Gasteiger partial charge in [0.05, 0.1) is 0 Å². The highest BCUT2D eigenvalue weighted by Gasteiger charge is 2.06. The number of amides is 1. The molecule has 3 aromatic rings. The number of nitrogens with two attached hydrogens (primary N) is 1. The lowest BCUT2D eigenvalue weighted by molar-refractivity contribution is 0.100. The minimum atomic E-state index is -0.389. The van der Waals surface area contributed by atoms with Gasteiger partial charge in [-0.2, -0.15) is 0 Å². The molecule has 1 aliphatic rings. The van der Waals surface area contributed by atoms with Gasteiger partial charge in [0, 0.05) is 30.4 Å². The minimum absolute atomic E-state index is 0.389. The van der Waals surface area contributed by atoms with E-state index in [-0.39, 0.29) is 5.91 Å². The van der Waals surface area contributed by atoms with Crippen molar-refractivity contribution in [2.75, 3.05) is 6.54 Å². The summed E-state index contributed by atoms with van der Waals surface area (Å²) in [6.45, 7) is 2.73. The van der Waals surface area contributed by atoms with Crippen LogP contribution in [0, 0.1) is 0 Å². The fraction of sp³-hybridized carbons (Fsp3) is 0.320. The van der Waals surface area contributed by atoms with Gasteiger partial charge in [-0.05, 0) is 85.5 Å². The summed E-state index contributed by atoms with van der Waals surface area (Å²) >= 11 is 0. The summed E-state index contributed by atoms with van der Waals surface area (Å²) in [5.41, 5.74) is 11.2. The number of nitrogens with zero attached hydrogens (tertiary/aromatic N) is 1. The molecule has 0 bridgehead atoms. The van der Waals surface area contributed by atoms with Crippen molar-refractivity contribution in [1.29, 1.82) is 0 Å². The Labute approximate surface area is 172 Å². The molecule has 4 nitrogen and oxygen atoms in total. The quantitative estimate of drug-likeness (QED) is 0.432. The fourth-order valence-corrected chi connectivity index (χ4v) is 4.08. The average molecular weight is 388 g/mol. The zero-order valence-electron chi connectivity index (χ0n) is 16.9. The molecule has 1 aromatic heterocycles. The maximum atomic E-state index is 11.2. The molecule has 2 aromatic carbocycles. The molecule has 0 radical (unpaired) electrons. The van der Waals surface area contributed by atoms with Gasteiger partial charge in [-0.1, -0.05) is 29.8 Å². The van der Waals surface area contributed by atoms with Crippen molar-refractivity contribution in [3.05, 3.63) is 83.1 Å². The number of hydrogen-bond acceptors (Lipinski definition) is 2. The van der Waals surface area contributed by atoms with Crippen molar-refractivity contribution in [3.8, 4) is 0 Å². The zero-order valence-corrected chi connectivity index (χ0v) is 16.9. The van der Waals surface area contributed by atoms with Crippen LogP contribution in [0.25, 0.3) is 10.9 Å². The summed E-state index contributed by atoms with van der Waals surface area (Å²) in [6, 6.07) is 16.4. The largest absolute Gasteiger partial charge is 0.366 e. The molecular formula is C25H29N3O. The molecular weight excluding hydrogens is 358 g/mol. The van der Waals surface area contributed by atoms with Gasteiger partial charge in [-0.3, -0.25) is 4.79 Å². The van der Waals surface area contributed by atoms with E-state index in [0.717, 1.165) is 25.2 Å². The summed E-state index contributed by atoms with van der Waals surface area (Å²) < 4.78 is 2.24. The van der Waals surface area contributed by atoms with E-state index in [0.29, 0.717) is 5.56 Å². The molecule has 0 saturated carbocycles. The SMILES string of the molecule is NC(=O)c1ccc(Cn2ccc3cc(CNCCC4=CCCCC4)ccc32)cc1. The van der Waals surface area contributed by atoms with E-state index >= 15 is 0 Å². The molecule has 1 aliphatic carbocycles. The number of carbonyl (C=O) groups is 1. The summed E-state index contributed by atoms with van der Waals surface area (Å²) in [7, 11) is 0. The minimum Gasteiger partial charge on any atom is -0.366 e. The van der Waals surface area contributed by atoms with Gasteiger partial charge < -0.3 is 15.6 Å². The molecule has 3 N–H and O–H groups in total. The molecule has 0 fully saturated rings. The number of fused-ring (bicyclic) bond motifs is 1. The third-order valence-corrected chi connectivity index (χ3v) is 5.76. The lowest BCUT2D eigenvalue weighted by atomic mass is 9.97. The Bertz CT molecular complexity index is 1010. The fourth-order valence-electron chi connectivity index (χ4n) is 4.08. The number of primary amides is 1. The summed E-state index contributed by atoms with van der Waals surface area (Å²) in [5, 5.41) is 4.85. The number of allylic oxidation sites excluding steroid dienone is 1. The van der Waals surface area contributed by atoms with Crippen LogP contribution < -0.4 is 11.1 Å². The maximum Gasteiger partial charge on any atom is 0.248 e. The monoisotopic (exact) mass is 387 g/mol. The Kier molecular flexibility index (Phi) is 6.11. The summed E-state index contributed by atoms with van der Waals surface area (Å²) in [4.78, 5) is 11.2. The van der Waals surface area contributed by atoms with Crippen LogP contribution in [0.2, 0.25) is 0 Å². The van der Waals surface area contributed by atoms with Crippen LogP contribution in [0.3, 0.4) is 0 Å². The van der Waals surface area contributed by atoms with Crippen molar-refractivity contribution >= 4 is 16.8 Å². The molecule has 0 spiro atoms. The van der Waals surface area contributed by atoms with Crippen LogP contribution in [0.15, 0.2) is 66.4 Å². The summed E-state index contributed by atoms with van der Waals surface area (Å²) in [6.07, 6.45) is 11.0. The Morgan fingerprint density at radius 1 is 1.03 bits per heavy atom. The van der Waals surface area contributed by atoms with E-state index in [2.05, 4.69) is 46.4 Å². The average Bonchev–Trinajstić information content (AvgIpc) is 3.14. The number of hydrogen-bond donors (Lipinski definition) is 2. The normalized spacial score (nSPS) is 14.1. The number of nitrogens with one attached hydrogen (secondary N) is 1. The van der Waals surface area contributed by atoms with Crippen molar-refractivity contribution in [2.24, 2.45) is 5.73 Å². The maximum absolute atomic E-state index is 11.2. The molecule has 1 amide bonds. The van der Waals surface area contributed by atoms with Crippen LogP contribution in [0.4, 0.5) is 0 Å². The molecule has 4 heteroatoms. The van der Waals surface area contributed by atoms with E-state index < -0.39 is 0 Å². The van der Waals surface area contributed by atoms with Gasteiger partial charge in [-0.15, -0.1) is 0 Å². The van der Waals surface area contributed by atoms with Crippen LogP contribution >= 0.6 is 0 Å². The smallest absolute Gasteiger partial charge is 0.248 e. The standard InChI is InChI=1S/C25H29N3O/c26-25(29)22-9-6-20(7-10-22)18-28-15-13-23-16-21(8-11-24(23)28)17-27-14-12-19-4-2-1-3-5-19/h4,6-11,13,15-16,27H,1-3,5,12,14,17-18H2,(H2,26,29). The van der Waals surface area contributed by atoms with E-state index in [1.54, 1.807) is 17.7 Å². The second kappa shape index (κ2) is 9.10. The molecule has 1 heterocycles. The van der Waals surface area contributed by atoms with Gasteiger partial charge in [-0.25, -0.2) is 0 Å². The van der Waals surface area contributed by atoms with Crippen LogP contribution in [-0.2, 0) is 13.1 Å². The number of benzene rings is 2. The highest BCUT2D eigenvalue weighted by atomic mass is 16.1. The van der Waals surface area contributed by atoms with Crippen LogP contribution in [0.5, 0.6) is 0 Å². The first kappa shape index (κ1) is 19.5. The molecule has 0 atom stereocenters. The van der Waals surface area contributed by atoms with E-state index in [9.17, 15) is 4.79 Å². The Morgan fingerprint density at radius 2 is 1.86 bits per heavy atom. The Hall–Kier alpha value is -2.85. The first-order valence-electron chi connectivity index (χ1n) is 10.5. The highest BCUT2D eigenvalue weighted by Crippen LogP contribution is 2.21. The second-order valence-corrected chi connectivity index (χ2v) is 7.93. The highest BCUT2D eigenvalue weighted by molar-refractivity contribution is 5.92. The van der Waals surface area contributed by atoms with Gasteiger partial charge in [0.15, 0.2) is 0 Å².